The van der Waals surface area contributed by atoms with E-state index < -0.39 is 6.10 Å². The van der Waals surface area contributed by atoms with Crippen LogP contribution in [0, 0.1) is 0 Å². The Morgan fingerprint density at radius 2 is 2.40 bits per heavy atom. The molecule has 1 heterocycles. The van der Waals surface area contributed by atoms with Gasteiger partial charge in [0.1, 0.15) is 6.10 Å². The minimum absolute atomic E-state index is 0.152. The Morgan fingerprint density at radius 1 is 1.60 bits per heavy atom. The Balaban J connectivity index is 2.45. The SMILES string of the molecule is C=CCCOC(C)C(=O)NCc1cccnc1OCC. The number of pyridine rings is 1. The molecule has 1 atom stereocenters. The molecule has 1 unspecified atom stereocenters. The smallest absolute Gasteiger partial charge is 0.249 e. The van der Waals surface area contributed by atoms with Gasteiger partial charge < -0.3 is 14.8 Å². The molecule has 1 aromatic rings. The maximum absolute atomic E-state index is 11.9. The molecule has 5 nitrogen and oxygen atoms in total. The van der Waals surface area contributed by atoms with E-state index in [-0.39, 0.29) is 5.91 Å². The third kappa shape index (κ3) is 5.40. The molecule has 0 saturated heterocycles. The van der Waals surface area contributed by atoms with E-state index in [4.69, 9.17) is 9.47 Å². The molecule has 0 spiro atoms. The molecule has 0 fully saturated rings. The van der Waals surface area contributed by atoms with Gasteiger partial charge >= 0.3 is 0 Å². The number of ether oxygens (including phenoxy) is 2. The minimum atomic E-state index is -0.484. The van der Waals surface area contributed by atoms with Crippen LogP contribution in [-0.2, 0) is 16.1 Å². The molecule has 0 saturated carbocycles. The molecule has 0 aliphatic rings. The number of carbonyl (C=O) groups excluding carboxylic acids is 1. The van der Waals surface area contributed by atoms with E-state index in [1.54, 1.807) is 19.2 Å². The first kappa shape index (κ1) is 16.2. The quantitative estimate of drug-likeness (QED) is 0.555. The van der Waals surface area contributed by atoms with E-state index in [1.165, 1.54) is 0 Å². The van der Waals surface area contributed by atoms with Crippen LogP contribution in [-0.4, -0.2) is 30.2 Å². The molecule has 1 N–H and O–H groups in total. The number of nitrogens with one attached hydrogen (secondary N) is 1. The van der Waals surface area contributed by atoms with Crippen LogP contribution in [0.5, 0.6) is 5.88 Å². The van der Waals surface area contributed by atoms with Crippen LogP contribution in [0.2, 0.25) is 0 Å². The van der Waals surface area contributed by atoms with Crippen molar-refractivity contribution in [1.82, 2.24) is 10.3 Å². The number of rotatable bonds is 9. The third-order valence-corrected chi connectivity index (χ3v) is 2.64. The molecule has 0 radical (unpaired) electrons. The Bertz CT molecular complexity index is 435. The fraction of sp³-hybridized carbons (Fsp3) is 0.467. The first-order valence-electron chi connectivity index (χ1n) is 6.76. The van der Waals surface area contributed by atoms with Crippen molar-refractivity contribution < 1.29 is 14.3 Å². The van der Waals surface area contributed by atoms with Gasteiger partial charge in [0, 0.05) is 18.3 Å². The molecule has 0 aliphatic carbocycles. The summed E-state index contributed by atoms with van der Waals surface area (Å²) in [7, 11) is 0. The van der Waals surface area contributed by atoms with Crippen LogP contribution >= 0.6 is 0 Å². The van der Waals surface area contributed by atoms with Crippen molar-refractivity contribution in [3.63, 3.8) is 0 Å². The van der Waals surface area contributed by atoms with Crippen LogP contribution in [0.4, 0.5) is 0 Å². The molecular formula is C15H22N2O3. The van der Waals surface area contributed by atoms with Gasteiger partial charge in [-0.15, -0.1) is 6.58 Å². The van der Waals surface area contributed by atoms with Crippen molar-refractivity contribution in [2.45, 2.75) is 32.9 Å². The third-order valence-electron chi connectivity index (χ3n) is 2.64. The second-order valence-electron chi connectivity index (χ2n) is 4.21. The highest BCUT2D eigenvalue weighted by Gasteiger charge is 2.13. The average Bonchev–Trinajstić information content (AvgIpc) is 2.46. The van der Waals surface area contributed by atoms with E-state index >= 15 is 0 Å². The largest absolute Gasteiger partial charge is 0.478 e. The lowest BCUT2D eigenvalue weighted by Crippen LogP contribution is -2.34. The van der Waals surface area contributed by atoms with Gasteiger partial charge in [0.05, 0.1) is 13.2 Å². The van der Waals surface area contributed by atoms with Crippen molar-refractivity contribution in [1.29, 1.82) is 0 Å². The van der Waals surface area contributed by atoms with E-state index in [9.17, 15) is 4.79 Å². The number of hydrogen-bond donors (Lipinski definition) is 1. The summed E-state index contributed by atoms with van der Waals surface area (Å²) in [5.41, 5.74) is 0.848. The van der Waals surface area contributed by atoms with Crippen molar-refractivity contribution in [2.75, 3.05) is 13.2 Å². The second kappa shape index (κ2) is 9.09. The van der Waals surface area contributed by atoms with Crippen molar-refractivity contribution in [3.8, 4) is 5.88 Å². The Kier molecular flexibility index (Phi) is 7.35. The van der Waals surface area contributed by atoms with Gasteiger partial charge in [-0.1, -0.05) is 12.1 Å². The molecule has 1 amide bonds. The van der Waals surface area contributed by atoms with Crippen molar-refractivity contribution in [3.05, 3.63) is 36.5 Å². The lowest BCUT2D eigenvalue weighted by atomic mass is 10.2. The Hall–Kier alpha value is -1.88. The highest BCUT2D eigenvalue weighted by molar-refractivity contribution is 5.80. The van der Waals surface area contributed by atoms with E-state index in [0.717, 1.165) is 12.0 Å². The predicted octanol–water partition coefficient (Wildman–Crippen LogP) is 2.08. The second-order valence-corrected chi connectivity index (χ2v) is 4.21. The van der Waals surface area contributed by atoms with E-state index in [1.807, 2.05) is 19.1 Å². The van der Waals surface area contributed by atoms with Gasteiger partial charge in [-0.3, -0.25) is 4.79 Å². The number of hydrogen-bond acceptors (Lipinski definition) is 4. The first-order valence-corrected chi connectivity index (χ1v) is 6.76. The van der Waals surface area contributed by atoms with Gasteiger partial charge in [0.2, 0.25) is 11.8 Å². The molecule has 5 heteroatoms. The van der Waals surface area contributed by atoms with Crippen LogP contribution in [0.25, 0.3) is 0 Å². The monoisotopic (exact) mass is 278 g/mol. The van der Waals surface area contributed by atoms with Crippen LogP contribution in [0.1, 0.15) is 25.8 Å². The Labute approximate surface area is 120 Å². The zero-order valence-electron chi connectivity index (χ0n) is 12.1. The highest BCUT2D eigenvalue weighted by Crippen LogP contribution is 2.13. The Morgan fingerprint density at radius 3 is 3.10 bits per heavy atom. The fourth-order valence-corrected chi connectivity index (χ4v) is 1.56. The lowest BCUT2D eigenvalue weighted by molar-refractivity contribution is -0.131. The standard InChI is InChI=1S/C15H22N2O3/c1-4-6-10-20-12(3)14(18)17-11-13-8-7-9-16-15(13)19-5-2/h4,7-9,12H,1,5-6,10-11H2,2-3H3,(H,17,18). The van der Waals surface area contributed by atoms with Crippen molar-refractivity contribution in [2.24, 2.45) is 0 Å². The van der Waals surface area contributed by atoms with E-state index in [0.29, 0.717) is 25.6 Å². The number of aromatic nitrogens is 1. The van der Waals surface area contributed by atoms with Gasteiger partial charge in [0.15, 0.2) is 0 Å². The van der Waals surface area contributed by atoms with Gasteiger partial charge in [-0.05, 0) is 26.3 Å². The molecule has 1 aromatic heterocycles. The van der Waals surface area contributed by atoms with Gasteiger partial charge in [0.25, 0.3) is 0 Å². The molecular weight excluding hydrogens is 256 g/mol. The van der Waals surface area contributed by atoms with Gasteiger partial charge in [-0.25, -0.2) is 4.98 Å². The summed E-state index contributed by atoms with van der Waals surface area (Å²) in [6.07, 6.45) is 3.67. The number of amides is 1. The maximum Gasteiger partial charge on any atom is 0.249 e. The summed E-state index contributed by atoms with van der Waals surface area (Å²) in [6.45, 7) is 8.63. The topological polar surface area (TPSA) is 60.5 Å². The summed E-state index contributed by atoms with van der Waals surface area (Å²) in [5.74, 6) is 0.399. The zero-order chi connectivity index (χ0) is 14.8. The maximum atomic E-state index is 11.9. The minimum Gasteiger partial charge on any atom is -0.478 e. The lowest BCUT2D eigenvalue weighted by Gasteiger charge is -2.14. The molecule has 0 aliphatic heterocycles. The molecule has 0 aromatic carbocycles. The summed E-state index contributed by atoms with van der Waals surface area (Å²) < 4.78 is 10.8. The normalized spacial score (nSPS) is 11.7. The van der Waals surface area contributed by atoms with E-state index in [2.05, 4.69) is 16.9 Å². The fourth-order valence-electron chi connectivity index (χ4n) is 1.56. The summed E-state index contributed by atoms with van der Waals surface area (Å²) >= 11 is 0. The predicted molar refractivity (Wildman–Crippen MR) is 77.5 cm³/mol. The first-order chi connectivity index (χ1) is 9.69. The number of nitrogens with zero attached hydrogens (tertiary/aromatic N) is 1. The molecule has 0 bridgehead atoms. The van der Waals surface area contributed by atoms with Crippen LogP contribution in [0.15, 0.2) is 31.0 Å². The van der Waals surface area contributed by atoms with Crippen molar-refractivity contribution >= 4 is 5.91 Å². The number of carbonyl (C=O) groups is 1. The summed E-state index contributed by atoms with van der Waals surface area (Å²) in [5, 5.41) is 2.81. The molecule has 110 valence electrons. The summed E-state index contributed by atoms with van der Waals surface area (Å²) in [4.78, 5) is 16.0. The van der Waals surface area contributed by atoms with Gasteiger partial charge in [-0.2, -0.15) is 0 Å². The van der Waals surface area contributed by atoms with Crippen LogP contribution < -0.4 is 10.1 Å². The summed E-state index contributed by atoms with van der Waals surface area (Å²) in [6, 6.07) is 3.69. The zero-order valence-corrected chi connectivity index (χ0v) is 12.1. The average molecular weight is 278 g/mol. The molecule has 1 rings (SSSR count). The molecule has 20 heavy (non-hydrogen) atoms. The van der Waals surface area contributed by atoms with Crippen LogP contribution in [0.3, 0.4) is 0 Å². The highest BCUT2D eigenvalue weighted by atomic mass is 16.5.